The summed E-state index contributed by atoms with van der Waals surface area (Å²) in [7, 11) is 0. The number of nitrogens with zero attached hydrogens (tertiary/aromatic N) is 4. The Morgan fingerprint density at radius 1 is 1.19 bits per heavy atom. The number of benzene rings is 2. The Bertz CT molecular complexity index is 1590. The third-order valence-corrected chi connectivity index (χ3v) is 7.93. The van der Waals surface area contributed by atoms with Crippen molar-refractivity contribution in [2.24, 2.45) is 0 Å². The quantitative estimate of drug-likeness (QED) is 0.373. The molecule has 2 fully saturated rings. The number of halogens is 3. The van der Waals surface area contributed by atoms with Gasteiger partial charge in [0.25, 0.3) is 11.8 Å². The van der Waals surface area contributed by atoms with Crippen molar-refractivity contribution in [2.75, 3.05) is 16.4 Å². The summed E-state index contributed by atoms with van der Waals surface area (Å²) in [5.74, 6) is -4.50. The lowest BCUT2D eigenvalue weighted by Gasteiger charge is -2.39. The van der Waals surface area contributed by atoms with Crippen molar-refractivity contribution in [3.63, 3.8) is 0 Å². The predicted octanol–water partition coefficient (Wildman–Crippen LogP) is 4.33. The number of hydrogen-bond acceptors (Lipinski definition) is 6. The number of carbonyl (C=O) groups is 3. The summed E-state index contributed by atoms with van der Waals surface area (Å²) in [4.78, 5) is 48.4. The minimum absolute atomic E-state index is 0.0212. The Labute approximate surface area is 251 Å². The third-order valence-electron chi connectivity index (χ3n) is 7.59. The zero-order chi connectivity index (χ0) is 30.7. The lowest BCUT2D eigenvalue weighted by Crippen LogP contribution is -2.56. The largest absolute Gasteiger partial charge is 0.396 e. The molecule has 1 aliphatic heterocycles. The molecule has 0 spiro atoms. The van der Waals surface area contributed by atoms with Crippen LogP contribution >= 0.6 is 11.6 Å². The first-order valence-electron chi connectivity index (χ1n) is 13.8. The van der Waals surface area contributed by atoms with Crippen molar-refractivity contribution in [1.82, 2.24) is 10.3 Å². The van der Waals surface area contributed by atoms with Crippen LogP contribution in [0.4, 0.5) is 20.3 Å². The van der Waals surface area contributed by atoms with Crippen molar-refractivity contribution < 1.29 is 28.3 Å². The minimum Gasteiger partial charge on any atom is -0.396 e. The van der Waals surface area contributed by atoms with Crippen LogP contribution in [-0.2, 0) is 20.8 Å². The number of anilines is 2. The first-order chi connectivity index (χ1) is 20.6. The molecule has 1 aliphatic carbocycles. The van der Waals surface area contributed by atoms with Crippen LogP contribution in [0.1, 0.15) is 48.4 Å². The molecule has 2 atom stereocenters. The monoisotopic (exact) mass is 607 g/mol. The van der Waals surface area contributed by atoms with E-state index in [0.717, 1.165) is 0 Å². The molecule has 222 valence electrons. The fourth-order valence-corrected chi connectivity index (χ4v) is 5.76. The van der Waals surface area contributed by atoms with Gasteiger partial charge in [-0.1, -0.05) is 41.9 Å². The number of rotatable bonds is 9. The number of nitriles is 1. The van der Waals surface area contributed by atoms with Crippen LogP contribution < -0.4 is 15.1 Å². The number of aliphatic hydroxyl groups is 1. The van der Waals surface area contributed by atoms with E-state index in [0.29, 0.717) is 5.56 Å². The van der Waals surface area contributed by atoms with E-state index in [-0.39, 0.29) is 59.4 Å². The van der Waals surface area contributed by atoms with E-state index in [1.165, 1.54) is 28.1 Å². The second kappa shape index (κ2) is 12.5. The van der Waals surface area contributed by atoms with Crippen LogP contribution in [0, 0.1) is 11.3 Å². The van der Waals surface area contributed by atoms with E-state index < -0.39 is 48.7 Å². The molecule has 2 unspecified atom stereocenters. The summed E-state index contributed by atoms with van der Waals surface area (Å²) in [5.41, 5.74) is 1.47. The molecule has 43 heavy (non-hydrogen) atoms. The molecule has 1 saturated carbocycles. The molecule has 2 heterocycles. The number of pyridine rings is 1. The lowest BCUT2D eigenvalue weighted by molar-refractivity contribution is -0.133. The number of aromatic nitrogens is 1. The molecule has 2 aliphatic rings. The summed E-state index contributed by atoms with van der Waals surface area (Å²) in [6, 6.07) is 14.7. The fraction of sp³-hybridized carbons (Fsp3) is 0.323. The summed E-state index contributed by atoms with van der Waals surface area (Å²) in [6.07, 6.45) is 0.710. The molecule has 0 radical (unpaired) electrons. The molecule has 9 nitrogen and oxygen atoms in total. The number of amides is 3. The molecule has 3 amide bonds. The van der Waals surface area contributed by atoms with Crippen LogP contribution in [0.5, 0.6) is 0 Å². The molecule has 0 bridgehead atoms. The maximum atomic E-state index is 14.6. The number of aliphatic hydroxyl groups excluding tert-OH is 1. The van der Waals surface area contributed by atoms with Gasteiger partial charge in [0, 0.05) is 54.4 Å². The van der Waals surface area contributed by atoms with Gasteiger partial charge in [0.2, 0.25) is 11.8 Å². The molecular weight excluding hydrogens is 580 g/mol. The molecule has 5 rings (SSSR count). The topological polar surface area (TPSA) is 127 Å². The summed E-state index contributed by atoms with van der Waals surface area (Å²) >= 11 is 6.57. The predicted molar refractivity (Wildman–Crippen MR) is 154 cm³/mol. The fourth-order valence-electron chi connectivity index (χ4n) is 5.52. The maximum absolute atomic E-state index is 14.6. The van der Waals surface area contributed by atoms with Crippen molar-refractivity contribution in [2.45, 2.75) is 56.2 Å². The van der Waals surface area contributed by atoms with E-state index in [1.54, 1.807) is 48.5 Å². The Kier molecular flexibility index (Phi) is 8.71. The molecule has 2 aromatic carbocycles. The lowest BCUT2D eigenvalue weighted by atomic mass is 9.87. The molecule has 12 heteroatoms. The van der Waals surface area contributed by atoms with E-state index in [9.17, 15) is 33.5 Å². The van der Waals surface area contributed by atoms with Gasteiger partial charge in [0.1, 0.15) is 17.9 Å². The average Bonchev–Trinajstić information content (AvgIpc) is 3.36. The van der Waals surface area contributed by atoms with Gasteiger partial charge in [-0.05, 0) is 48.7 Å². The Balaban J connectivity index is 1.62. The summed E-state index contributed by atoms with van der Waals surface area (Å²) in [6.45, 7) is -0.159. The molecule has 1 saturated heterocycles. The summed E-state index contributed by atoms with van der Waals surface area (Å²) < 4.78 is 27.3. The second-order valence-corrected chi connectivity index (χ2v) is 11.0. The third kappa shape index (κ3) is 6.35. The van der Waals surface area contributed by atoms with E-state index >= 15 is 0 Å². The van der Waals surface area contributed by atoms with Crippen molar-refractivity contribution in [3.8, 4) is 6.07 Å². The molecule has 3 aromatic rings. The van der Waals surface area contributed by atoms with Gasteiger partial charge < -0.3 is 10.4 Å². The number of hydrogen-bond donors (Lipinski definition) is 2. The first-order valence-corrected chi connectivity index (χ1v) is 14.1. The highest BCUT2D eigenvalue weighted by molar-refractivity contribution is 6.31. The van der Waals surface area contributed by atoms with Gasteiger partial charge in [-0.2, -0.15) is 5.26 Å². The maximum Gasteiger partial charge on any atom is 0.252 e. The SMILES string of the molecule is N#Cc1ccnc(N2C(=O)CCC2C(=O)N(c2cccc(CCO)c2)C(C(=O)NC2CC(F)(F)C2)c2ccccc2Cl)c1. The molecule has 2 N–H and O–H groups in total. The van der Waals surface area contributed by atoms with Gasteiger partial charge in [-0.15, -0.1) is 0 Å². The zero-order valence-electron chi connectivity index (χ0n) is 22.9. The smallest absolute Gasteiger partial charge is 0.252 e. The van der Waals surface area contributed by atoms with Crippen LogP contribution in [0.3, 0.4) is 0 Å². The normalized spacial score (nSPS) is 18.4. The first kappa shape index (κ1) is 30.1. The van der Waals surface area contributed by atoms with Crippen LogP contribution in [0.15, 0.2) is 66.9 Å². The average molecular weight is 608 g/mol. The van der Waals surface area contributed by atoms with Gasteiger partial charge in [0.15, 0.2) is 0 Å². The Morgan fingerprint density at radius 2 is 1.95 bits per heavy atom. The van der Waals surface area contributed by atoms with Crippen molar-refractivity contribution in [1.29, 1.82) is 5.26 Å². The standard InChI is InChI=1S/C31H28ClF2N5O4/c32-24-7-2-1-6-23(24)28(29(42)37-21-16-31(33,34)17-21)38(22-5-3-4-19(14-22)11-13-40)30(43)25-8-9-27(41)39(25)26-15-20(18-35)10-12-36-26/h1-7,10,12,14-15,21,25,28,40H,8-9,11,13,16-17H2,(H,37,42). The Hall–Kier alpha value is -4.40. The van der Waals surface area contributed by atoms with Gasteiger partial charge >= 0.3 is 0 Å². The second-order valence-electron chi connectivity index (χ2n) is 10.6. The highest BCUT2D eigenvalue weighted by Crippen LogP contribution is 2.40. The van der Waals surface area contributed by atoms with Gasteiger partial charge in [-0.25, -0.2) is 13.8 Å². The summed E-state index contributed by atoms with van der Waals surface area (Å²) in [5, 5.41) is 21.8. The van der Waals surface area contributed by atoms with Crippen molar-refractivity contribution in [3.05, 3.63) is 88.6 Å². The zero-order valence-corrected chi connectivity index (χ0v) is 23.7. The van der Waals surface area contributed by atoms with Crippen molar-refractivity contribution >= 4 is 40.8 Å². The van der Waals surface area contributed by atoms with Gasteiger partial charge in [0.05, 0.1) is 11.6 Å². The van der Waals surface area contributed by atoms with E-state index in [2.05, 4.69) is 10.3 Å². The van der Waals surface area contributed by atoms with Crippen LogP contribution in [-0.4, -0.2) is 52.4 Å². The van der Waals surface area contributed by atoms with E-state index in [1.807, 2.05) is 6.07 Å². The van der Waals surface area contributed by atoms with Crippen LogP contribution in [0.25, 0.3) is 0 Å². The highest BCUT2D eigenvalue weighted by atomic mass is 35.5. The van der Waals surface area contributed by atoms with E-state index in [4.69, 9.17) is 11.6 Å². The highest BCUT2D eigenvalue weighted by Gasteiger charge is 2.48. The minimum atomic E-state index is -2.89. The van der Waals surface area contributed by atoms with Gasteiger partial charge in [-0.3, -0.25) is 24.2 Å². The molecular formula is C31H28ClF2N5O4. The Morgan fingerprint density at radius 3 is 2.65 bits per heavy atom. The number of nitrogens with one attached hydrogen (secondary N) is 1. The van der Waals surface area contributed by atoms with Crippen LogP contribution in [0.2, 0.25) is 5.02 Å². The number of alkyl halides is 2. The molecule has 1 aromatic heterocycles. The number of carbonyl (C=O) groups excluding carboxylic acids is 3.